The van der Waals surface area contributed by atoms with Crippen molar-refractivity contribution in [1.82, 2.24) is 5.32 Å². The van der Waals surface area contributed by atoms with Gasteiger partial charge in [-0.2, -0.15) is 0 Å². The molecule has 1 heterocycles. The number of hydrogen-bond acceptors (Lipinski definition) is 2. The molecule has 1 saturated carbocycles. The molecule has 1 aromatic rings. The summed E-state index contributed by atoms with van der Waals surface area (Å²) >= 11 is 0. The monoisotopic (exact) mass is 259 g/mol. The van der Waals surface area contributed by atoms with Gasteiger partial charge in [-0.05, 0) is 49.3 Å². The minimum absolute atomic E-state index is 0.691. The van der Waals surface area contributed by atoms with Crippen molar-refractivity contribution in [2.45, 2.75) is 57.4 Å². The normalized spacial score (nSPS) is 25.9. The van der Waals surface area contributed by atoms with Crippen LogP contribution < -0.4 is 10.1 Å². The van der Waals surface area contributed by atoms with E-state index in [0.29, 0.717) is 12.0 Å². The first-order valence-corrected chi connectivity index (χ1v) is 7.86. The van der Waals surface area contributed by atoms with E-state index in [1.807, 2.05) is 0 Å². The lowest BCUT2D eigenvalue weighted by Crippen LogP contribution is -2.34. The molecule has 0 amide bonds. The third kappa shape index (κ3) is 2.79. The Hall–Kier alpha value is -1.02. The highest BCUT2D eigenvalue weighted by molar-refractivity contribution is 5.46. The second-order valence-electron chi connectivity index (χ2n) is 5.95. The first-order valence-electron chi connectivity index (χ1n) is 7.86. The molecule has 0 aromatic heterocycles. The molecule has 2 unspecified atom stereocenters. The first-order chi connectivity index (χ1) is 9.38. The highest BCUT2D eigenvalue weighted by Crippen LogP contribution is 2.40. The zero-order chi connectivity index (χ0) is 13.1. The lowest BCUT2D eigenvalue weighted by molar-refractivity contribution is 0.321. The van der Waals surface area contributed by atoms with E-state index >= 15 is 0 Å². The smallest absolute Gasteiger partial charge is 0.126 e. The number of hydrogen-bond donors (Lipinski definition) is 1. The second kappa shape index (κ2) is 5.96. The standard InChI is InChI=1S/C17H25NO/c1-2-10-18-15-7-3-6-14(12-15)16-8-4-5-13-9-11-19-17(13)16/h4-5,8,14-15,18H,2-3,6-7,9-12H2,1H3. The van der Waals surface area contributed by atoms with Gasteiger partial charge < -0.3 is 10.1 Å². The molecular weight excluding hydrogens is 234 g/mol. The summed E-state index contributed by atoms with van der Waals surface area (Å²) in [4.78, 5) is 0. The van der Waals surface area contributed by atoms with Gasteiger partial charge in [0.25, 0.3) is 0 Å². The molecule has 3 rings (SSSR count). The Morgan fingerprint density at radius 2 is 2.26 bits per heavy atom. The lowest BCUT2D eigenvalue weighted by Gasteiger charge is -2.31. The van der Waals surface area contributed by atoms with Crippen LogP contribution in [0.15, 0.2) is 18.2 Å². The maximum atomic E-state index is 5.88. The van der Waals surface area contributed by atoms with Crippen molar-refractivity contribution < 1.29 is 4.74 Å². The van der Waals surface area contributed by atoms with Gasteiger partial charge in [-0.25, -0.2) is 0 Å². The fraction of sp³-hybridized carbons (Fsp3) is 0.647. The molecule has 1 aromatic carbocycles. The summed E-state index contributed by atoms with van der Waals surface area (Å²) in [6.45, 7) is 4.27. The summed E-state index contributed by atoms with van der Waals surface area (Å²) in [6, 6.07) is 7.43. The van der Waals surface area contributed by atoms with E-state index in [4.69, 9.17) is 4.74 Å². The predicted octanol–water partition coefficient (Wildman–Crippen LogP) is 3.65. The topological polar surface area (TPSA) is 21.3 Å². The molecule has 2 nitrogen and oxygen atoms in total. The molecular formula is C17H25NO. The van der Waals surface area contributed by atoms with Gasteiger partial charge in [-0.3, -0.25) is 0 Å². The Kier molecular flexibility index (Phi) is 4.07. The van der Waals surface area contributed by atoms with Gasteiger partial charge >= 0.3 is 0 Å². The summed E-state index contributed by atoms with van der Waals surface area (Å²) in [5, 5.41) is 3.70. The Bertz CT molecular complexity index is 429. The van der Waals surface area contributed by atoms with E-state index in [2.05, 4.69) is 30.4 Å². The van der Waals surface area contributed by atoms with Crippen molar-refractivity contribution in [2.24, 2.45) is 0 Å². The number of fused-ring (bicyclic) bond motifs is 1. The Morgan fingerprint density at radius 1 is 1.32 bits per heavy atom. The van der Waals surface area contributed by atoms with Crippen LogP contribution in [0.4, 0.5) is 0 Å². The van der Waals surface area contributed by atoms with Crippen molar-refractivity contribution in [2.75, 3.05) is 13.2 Å². The number of para-hydroxylation sites is 1. The molecule has 1 fully saturated rings. The third-order valence-electron chi connectivity index (χ3n) is 4.54. The third-order valence-corrected chi connectivity index (χ3v) is 4.54. The maximum Gasteiger partial charge on any atom is 0.126 e. The molecule has 2 atom stereocenters. The molecule has 19 heavy (non-hydrogen) atoms. The molecule has 0 bridgehead atoms. The van der Waals surface area contributed by atoms with Crippen LogP contribution in [-0.4, -0.2) is 19.2 Å². The molecule has 0 spiro atoms. The Labute approximate surface area is 116 Å². The zero-order valence-corrected chi connectivity index (χ0v) is 12.0. The highest BCUT2D eigenvalue weighted by atomic mass is 16.5. The summed E-state index contributed by atoms with van der Waals surface area (Å²) < 4.78 is 5.88. The molecule has 104 valence electrons. The van der Waals surface area contributed by atoms with Gasteiger partial charge in [0.1, 0.15) is 5.75 Å². The highest BCUT2D eigenvalue weighted by Gasteiger charge is 2.27. The average molecular weight is 259 g/mol. The summed E-state index contributed by atoms with van der Waals surface area (Å²) in [6.07, 6.45) is 7.60. The minimum Gasteiger partial charge on any atom is -0.493 e. The van der Waals surface area contributed by atoms with Crippen molar-refractivity contribution in [3.8, 4) is 5.75 Å². The molecule has 1 N–H and O–H groups in total. The number of ether oxygens (including phenoxy) is 1. The molecule has 2 heteroatoms. The average Bonchev–Trinajstić information content (AvgIpc) is 2.93. The molecule has 2 aliphatic rings. The van der Waals surface area contributed by atoms with Crippen molar-refractivity contribution in [3.05, 3.63) is 29.3 Å². The zero-order valence-electron chi connectivity index (χ0n) is 12.0. The number of benzene rings is 1. The number of rotatable bonds is 4. The van der Waals surface area contributed by atoms with Crippen LogP contribution in [0, 0.1) is 0 Å². The van der Waals surface area contributed by atoms with Gasteiger partial charge in [0.15, 0.2) is 0 Å². The van der Waals surface area contributed by atoms with E-state index in [-0.39, 0.29) is 0 Å². The molecule has 1 aliphatic carbocycles. The molecule has 1 aliphatic heterocycles. The van der Waals surface area contributed by atoms with E-state index in [1.165, 1.54) is 49.0 Å². The van der Waals surface area contributed by atoms with Crippen LogP contribution in [0.5, 0.6) is 5.75 Å². The van der Waals surface area contributed by atoms with E-state index in [0.717, 1.165) is 19.6 Å². The second-order valence-corrected chi connectivity index (χ2v) is 5.95. The van der Waals surface area contributed by atoms with Crippen molar-refractivity contribution >= 4 is 0 Å². The molecule has 0 radical (unpaired) electrons. The quantitative estimate of drug-likeness (QED) is 0.891. The van der Waals surface area contributed by atoms with Crippen LogP contribution in [0.1, 0.15) is 56.1 Å². The van der Waals surface area contributed by atoms with E-state index in [1.54, 1.807) is 0 Å². The van der Waals surface area contributed by atoms with E-state index in [9.17, 15) is 0 Å². The van der Waals surface area contributed by atoms with Crippen molar-refractivity contribution in [1.29, 1.82) is 0 Å². The van der Waals surface area contributed by atoms with Crippen molar-refractivity contribution in [3.63, 3.8) is 0 Å². The Morgan fingerprint density at radius 3 is 3.16 bits per heavy atom. The van der Waals surface area contributed by atoms with Crippen LogP contribution in [-0.2, 0) is 6.42 Å². The largest absolute Gasteiger partial charge is 0.493 e. The fourth-order valence-electron chi connectivity index (χ4n) is 3.57. The van der Waals surface area contributed by atoms with Gasteiger partial charge in [0.2, 0.25) is 0 Å². The molecule has 0 saturated heterocycles. The first kappa shape index (κ1) is 13.0. The van der Waals surface area contributed by atoms with Crippen LogP contribution in [0.25, 0.3) is 0 Å². The van der Waals surface area contributed by atoms with Gasteiger partial charge in [-0.1, -0.05) is 31.5 Å². The maximum absolute atomic E-state index is 5.88. The fourth-order valence-corrected chi connectivity index (χ4v) is 3.57. The lowest BCUT2D eigenvalue weighted by atomic mass is 9.80. The minimum atomic E-state index is 0.691. The summed E-state index contributed by atoms with van der Waals surface area (Å²) in [7, 11) is 0. The van der Waals surface area contributed by atoms with Gasteiger partial charge in [0.05, 0.1) is 6.61 Å². The Balaban J connectivity index is 1.73. The van der Waals surface area contributed by atoms with Gasteiger partial charge in [-0.15, -0.1) is 0 Å². The van der Waals surface area contributed by atoms with Gasteiger partial charge in [0, 0.05) is 12.5 Å². The van der Waals surface area contributed by atoms with Crippen LogP contribution in [0.2, 0.25) is 0 Å². The van der Waals surface area contributed by atoms with Crippen LogP contribution >= 0.6 is 0 Å². The van der Waals surface area contributed by atoms with E-state index < -0.39 is 0 Å². The van der Waals surface area contributed by atoms with Crippen LogP contribution in [0.3, 0.4) is 0 Å². The summed E-state index contributed by atoms with van der Waals surface area (Å²) in [5.41, 5.74) is 2.89. The summed E-state index contributed by atoms with van der Waals surface area (Å²) in [5.74, 6) is 1.90. The number of nitrogens with one attached hydrogen (secondary N) is 1. The predicted molar refractivity (Wildman–Crippen MR) is 78.9 cm³/mol. The SMILES string of the molecule is CCCNC1CCCC(c2cccc3c2OCC3)C1.